The van der Waals surface area contributed by atoms with E-state index in [-0.39, 0.29) is 5.82 Å². The highest BCUT2D eigenvalue weighted by molar-refractivity contribution is 6.30. The molecule has 0 atom stereocenters. The Morgan fingerprint density at radius 1 is 1.44 bits per heavy atom. The highest BCUT2D eigenvalue weighted by Gasteiger charge is 2.35. The fourth-order valence-corrected chi connectivity index (χ4v) is 0.870. The van der Waals surface area contributed by atoms with Crippen LogP contribution in [0.4, 0.5) is 19.0 Å². The number of hydrogen-bond acceptors (Lipinski definition) is 3. The number of hydrogen-bond donors (Lipinski definition) is 1. The van der Waals surface area contributed by atoms with E-state index < -0.39 is 12.0 Å². The van der Waals surface area contributed by atoms with Crippen molar-refractivity contribution in [1.82, 2.24) is 4.98 Å². The maximum Gasteiger partial charge on any atom is 0.454 e. The first-order valence-electron chi connectivity index (χ1n) is 4.05. The van der Waals surface area contributed by atoms with Gasteiger partial charge in [0.1, 0.15) is 5.82 Å². The Morgan fingerprint density at radius 2 is 2.12 bits per heavy atom. The first-order chi connectivity index (χ1) is 7.39. The Hall–Kier alpha value is -1.56. The minimum Gasteiger partial charge on any atom is -0.347 e. The number of halogens is 4. The van der Waals surface area contributed by atoms with Crippen LogP contribution in [0.3, 0.4) is 0 Å². The summed E-state index contributed by atoms with van der Waals surface area (Å²) in [5, 5.41) is 2.81. The number of aromatic nitrogens is 1. The monoisotopic (exact) mass is 250 g/mol. The smallest absolute Gasteiger partial charge is 0.347 e. The second-order valence-electron chi connectivity index (χ2n) is 2.70. The predicted molar refractivity (Wildman–Crippen MR) is 53.1 cm³/mol. The third-order valence-corrected chi connectivity index (χ3v) is 1.70. The Balaban J connectivity index is 2.55. The molecule has 0 bridgehead atoms. The van der Waals surface area contributed by atoms with E-state index in [4.69, 9.17) is 11.6 Å². The Morgan fingerprint density at radius 3 is 2.62 bits per heavy atom. The molecule has 3 nitrogen and oxygen atoms in total. The number of nitrogens with one attached hydrogen (secondary N) is 1. The third kappa shape index (κ3) is 3.90. The van der Waals surface area contributed by atoms with Gasteiger partial charge in [-0.2, -0.15) is 13.2 Å². The normalized spacial score (nSPS) is 11.8. The maximum absolute atomic E-state index is 11.8. The number of carbonyl (C=O) groups is 1. The van der Waals surface area contributed by atoms with Crippen LogP contribution in [-0.2, 0) is 4.79 Å². The molecule has 0 spiro atoms. The van der Waals surface area contributed by atoms with Gasteiger partial charge in [0.25, 0.3) is 5.78 Å². The molecule has 0 aliphatic heterocycles. The average Bonchev–Trinajstić information content (AvgIpc) is 2.19. The zero-order valence-electron chi connectivity index (χ0n) is 7.75. The van der Waals surface area contributed by atoms with Crippen LogP contribution in [-0.4, -0.2) is 16.9 Å². The van der Waals surface area contributed by atoms with Crippen molar-refractivity contribution in [3.05, 3.63) is 35.6 Å². The fourth-order valence-electron chi connectivity index (χ4n) is 0.758. The molecular weight excluding hydrogens is 245 g/mol. The van der Waals surface area contributed by atoms with Gasteiger partial charge in [-0.1, -0.05) is 11.6 Å². The van der Waals surface area contributed by atoms with Gasteiger partial charge in [0, 0.05) is 18.5 Å². The zero-order valence-corrected chi connectivity index (χ0v) is 8.51. The van der Waals surface area contributed by atoms with Crippen molar-refractivity contribution in [2.75, 3.05) is 5.32 Å². The van der Waals surface area contributed by atoms with Gasteiger partial charge in [0.2, 0.25) is 0 Å². The largest absolute Gasteiger partial charge is 0.454 e. The molecule has 0 amide bonds. The van der Waals surface area contributed by atoms with E-state index in [1.165, 1.54) is 18.3 Å². The van der Waals surface area contributed by atoms with E-state index in [1.54, 1.807) is 0 Å². The Bertz CT molecular complexity index is 400. The molecule has 0 radical (unpaired) electrons. The molecule has 16 heavy (non-hydrogen) atoms. The second kappa shape index (κ2) is 4.98. The molecule has 86 valence electrons. The van der Waals surface area contributed by atoms with Gasteiger partial charge in [0.15, 0.2) is 0 Å². The van der Waals surface area contributed by atoms with E-state index in [9.17, 15) is 18.0 Å². The molecule has 1 N–H and O–H groups in total. The number of nitrogens with zero attached hydrogens (tertiary/aromatic N) is 1. The van der Waals surface area contributed by atoms with Crippen LogP contribution in [0.1, 0.15) is 0 Å². The summed E-state index contributed by atoms with van der Waals surface area (Å²) in [6.07, 6.45) is -2.28. The van der Waals surface area contributed by atoms with Gasteiger partial charge >= 0.3 is 6.18 Å². The molecular formula is C9H6ClF3N2O. The van der Waals surface area contributed by atoms with Crippen molar-refractivity contribution in [1.29, 1.82) is 0 Å². The summed E-state index contributed by atoms with van der Waals surface area (Å²) >= 11 is 5.54. The fraction of sp³-hybridized carbons (Fsp3) is 0.111. The second-order valence-corrected chi connectivity index (χ2v) is 3.14. The molecule has 0 aliphatic carbocycles. The first kappa shape index (κ1) is 12.5. The molecule has 1 heterocycles. The minimum absolute atomic E-state index is 0.288. The van der Waals surface area contributed by atoms with E-state index in [2.05, 4.69) is 10.3 Å². The summed E-state index contributed by atoms with van der Waals surface area (Å²) < 4.78 is 35.3. The quantitative estimate of drug-likeness (QED) is 0.839. The van der Waals surface area contributed by atoms with E-state index in [0.29, 0.717) is 11.1 Å². The number of alkyl halides is 3. The maximum atomic E-state index is 11.8. The van der Waals surface area contributed by atoms with E-state index >= 15 is 0 Å². The standard InChI is InChI=1S/C9H6ClF3N2O/c10-6-1-2-8(15-5-6)14-4-3-7(16)9(11,12)13/h1-5H,(H,14,15). The lowest BCUT2D eigenvalue weighted by atomic mass is 10.4. The van der Waals surface area contributed by atoms with Crippen LogP contribution in [0.25, 0.3) is 0 Å². The number of rotatable bonds is 3. The van der Waals surface area contributed by atoms with Crippen molar-refractivity contribution >= 4 is 23.2 Å². The average molecular weight is 251 g/mol. The first-order valence-corrected chi connectivity index (χ1v) is 4.43. The van der Waals surface area contributed by atoms with Gasteiger partial charge < -0.3 is 5.32 Å². The van der Waals surface area contributed by atoms with Gasteiger partial charge in [0.05, 0.1) is 5.02 Å². The van der Waals surface area contributed by atoms with Gasteiger partial charge in [-0.25, -0.2) is 4.98 Å². The molecule has 1 rings (SSSR count). The van der Waals surface area contributed by atoms with Crippen LogP contribution in [0.5, 0.6) is 0 Å². The number of allylic oxidation sites excluding steroid dienone is 1. The summed E-state index contributed by atoms with van der Waals surface area (Å²) in [4.78, 5) is 14.2. The summed E-state index contributed by atoms with van der Waals surface area (Å²) in [6.45, 7) is 0. The number of anilines is 1. The van der Waals surface area contributed by atoms with Crippen LogP contribution >= 0.6 is 11.6 Å². The molecule has 0 saturated heterocycles. The Kier molecular flexibility index (Phi) is 3.89. The van der Waals surface area contributed by atoms with Crippen molar-refractivity contribution in [3.63, 3.8) is 0 Å². The van der Waals surface area contributed by atoms with Crippen molar-refractivity contribution < 1.29 is 18.0 Å². The Labute approximate surface area is 93.9 Å². The zero-order chi connectivity index (χ0) is 12.2. The lowest BCUT2D eigenvalue weighted by Crippen LogP contribution is -2.20. The van der Waals surface area contributed by atoms with Crippen molar-refractivity contribution in [2.45, 2.75) is 6.18 Å². The topological polar surface area (TPSA) is 42.0 Å². The number of ketones is 1. The molecule has 0 unspecified atom stereocenters. The van der Waals surface area contributed by atoms with Gasteiger partial charge in [-0.15, -0.1) is 0 Å². The third-order valence-electron chi connectivity index (χ3n) is 1.47. The lowest BCUT2D eigenvalue weighted by molar-refractivity contribution is -0.165. The van der Waals surface area contributed by atoms with Gasteiger partial charge in [-0.3, -0.25) is 4.79 Å². The van der Waals surface area contributed by atoms with E-state index in [0.717, 1.165) is 6.20 Å². The van der Waals surface area contributed by atoms with Crippen LogP contribution in [0.2, 0.25) is 5.02 Å². The summed E-state index contributed by atoms with van der Waals surface area (Å²) in [7, 11) is 0. The van der Waals surface area contributed by atoms with Crippen molar-refractivity contribution in [2.24, 2.45) is 0 Å². The molecule has 0 aliphatic rings. The van der Waals surface area contributed by atoms with Crippen LogP contribution in [0.15, 0.2) is 30.6 Å². The van der Waals surface area contributed by atoms with Gasteiger partial charge in [-0.05, 0) is 12.1 Å². The minimum atomic E-state index is -4.86. The molecule has 0 saturated carbocycles. The highest BCUT2D eigenvalue weighted by Crippen LogP contribution is 2.16. The summed E-state index contributed by atoms with van der Waals surface area (Å²) in [5.41, 5.74) is 0. The summed E-state index contributed by atoms with van der Waals surface area (Å²) in [5.74, 6) is -1.65. The predicted octanol–water partition coefficient (Wildman–Crippen LogP) is 2.79. The SMILES string of the molecule is O=C(C=CNc1ccc(Cl)cn1)C(F)(F)F. The molecule has 0 fully saturated rings. The number of carbonyl (C=O) groups excluding carboxylic acids is 1. The van der Waals surface area contributed by atoms with E-state index in [1.807, 2.05) is 0 Å². The molecule has 7 heteroatoms. The molecule has 1 aromatic heterocycles. The number of pyridine rings is 1. The lowest BCUT2D eigenvalue weighted by Gasteiger charge is -2.01. The van der Waals surface area contributed by atoms with Crippen LogP contribution < -0.4 is 5.32 Å². The van der Waals surface area contributed by atoms with Crippen molar-refractivity contribution in [3.8, 4) is 0 Å². The molecule has 1 aromatic rings. The summed E-state index contributed by atoms with van der Waals surface area (Å²) in [6, 6.07) is 2.97. The highest BCUT2D eigenvalue weighted by atomic mass is 35.5. The van der Waals surface area contributed by atoms with Crippen LogP contribution in [0, 0.1) is 0 Å². The molecule has 0 aromatic carbocycles.